The topological polar surface area (TPSA) is 72.5 Å². The minimum atomic E-state index is -1.25. The molecule has 0 saturated carbocycles. The number of hydrogen-bond acceptors (Lipinski definition) is 3. The molecule has 1 aliphatic heterocycles. The van der Waals surface area contributed by atoms with Crippen LogP contribution >= 0.6 is 0 Å². The maximum Gasteiger partial charge on any atom is 0.248 e. The summed E-state index contributed by atoms with van der Waals surface area (Å²) in [6.45, 7) is 0. The molecule has 0 spiro atoms. The Balaban J connectivity index is 2.15. The molecule has 0 saturated heterocycles. The van der Waals surface area contributed by atoms with Crippen molar-refractivity contribution < 1.29 is 9.00 Å². The molecule has 1 atom stereocenters. The number of carbonyl (C=O) groups excluding carboxylic acids is 1. The highest BCUT2D eigenvalue weighted by Crippen LogP contribution is 2.33. The molecule has 1 aromatic carbocycles. The number of aliphatic imine (C=N–C) groups is 1. The fourth-order valence-corrected chi connectivity index (χ4v) is 3.51. The van der Waals surface area contributed by atoms with E-state index in [1.165, 1.54) is 0 Å². The van der Waals surface area contributed by atoms with Crippen LogP contribution in [0, 0.1) is 0 Å². The minimum Gasteiger partial charge on any atom is -0.366 e. The van der Waals surface area contributed by atoms with Gasteiger partial charge >= 0.3 is 0 Å². The number of benzene rings is 1. The number of fused-ring (bicyclic) bond motifs is 1. The molecule has 5 heteroatoms. The molecular weight excluding hydrogens is 260 g/mol. The van der Waals surface area contributed by atoms with E-state index in [1.54, 1.807) is 24.4 Å². The first-order valence-corrected chi connectivity index (χ1v) is 7.11. The van der Waals surface area contributed by atoms with Crippen molar-refractivity contribution in [2.24, 2.45) is 10.7 Å². The van der Waals surface area contributed by atoms with Gasteiger partial charge in [0.1, 0.15) is 0 Å². The van der Waals surface area contributed by atoms with Crippen molar-refractivity contribution in [3.63, 3.8) is 0 Å². The van der Waals surface area contributed by atoms with Gasteiger partial charge in [0.05, 0.1) is 21.4 Å². The highest BCUT2D eigenvalue weighted by molar-refractivity contribution is 7.89. The SMILES string of the molecule is NC(=O)c1ccc2c(c1)N=CC1=C(C=CCC1)S2=O. The Hall–Kier alpha value is -2.01. The second-order valence-corrected chi connectivity index (χ2v) is 5.82. The fraction of sp³-hybridized carbons (Fsp3) is 0.143. The molecule has 2 aliphatic rings. The second-order valence-electron chi connectivity index (χ2n) is 4.40. The van der Waals surface area contributed by atoms with E-state index in [2.05, 4.69) is 4.99 Å². The molecule has 1 aliphatic carbocycles. The fourth-order valence-electron chi connectivity index (χ4n) is 2.16. The molecule has 96 valence electrons. The maximum atomic E-state index is 12.6. The normalized spacial score (nSPS) is 20.7. The molecule has 1 heterocycles. The maximum absolute atomic E-state index is 12.6. The monoisotopic (exact) mass is 272 g/mol. The molecule has 4 nitrogen and oxygen atoms in total. The van der Waals surface area contributed by atoms with Crippen LogP contribution in [0.25, 0.3) is 0 Å². The predicted octanol–water partition coefficient (Wildman–Crippen LogP) is 2.21. The number of allylic oxidation sites excluding steroid dienone is 3. The van der Waals surface area contributed by atoms with Gasteiger partial charge in [-0.05, 0) is 42.7 Å². The van der Waals surface area contributed by atoms with E-state index < -0.39 is 16.7 Å². The summed E-state index contributed by atoms with van der Waals surface area (Å²) in [6, 6.07) is 4.85. The van der Waals surface area contributed by atoms with Crippen LogP contribution in [0.1, 0.15) is 23.2 Å². The molecule has 2 N–H and O–H groups in total. The van der Waals surface area contributed by atoms with Crippen LogP contribution < -0.4 is 5.73 Å². The molecule has 1 unspecified atom stereocenters. The van der Waals surface area contributed by atoms with Crippen molar-refractivity contribution in [1.29, 1.82) is 0 Å². The van der Waals surface area contributed by atoms with Gasteiger partial charge in [0, 0.05) is 16.7 Å². The Labute approximate surface area is 113 Å². The third-order valence-electron chi connectivity index (χ3n) is 3.17. The van der Waals surface area contributed by atoms with Gasteiger partial charge in [-0.1, -0.05) is 6.08 Å². The predicted molar refractivity (Wildman–Crippen MR) is 74.9 cm³/mol. The lowest BCUT2D eigenvalue weighted by Crippen LogP contribution is -2.10. The first kappa shape index (κ1) is 12.0. The summed E-state index contributed by atoms with van der Waals surface area (Å²) in [5.74, 6) is -0.509. The average Bonchev–Trinajstić information content (AvgIpc) is 2.57. The molecule has 0 radical (unpaired) electrons. The summed E-state index contributed by atoms with van der Waals surface area (Å²) in [5.41, 5.74) is 7.18. The van der Waals surface area contributed by atoms with Crippen LogP contribution in [0.15, 0.2) is 50.7 Å². The number of carbonyl (C=O) groups is 1. The summed E-state index contributed by atoms with van der Waals surface area (Å²) < 4.78 is 12.6. The van der Waals surface area contributed by atoms with Crippen LogP contribution in [-0.2, 0) is 10.8 Å². The zero-order valence-electron chi connectivity index (χ0n) is 10.1. The van der Waals surface area contributed by atoms with Gasteiger partial charge in [0.25, 0.3) is 0 Å². The standard InChI is InChI=1S/C14H12N2O2S/c15-14(17)9-5-6-13-11(7-9)16-8-10-3-1-2-4-12(10)19(13)18/h2,4-8H,1,3H2,(H2,15,17). The van der Waals surface area contributed by atoms with Crippen LogP contribution in [0.4, 0.5) is 5.69 Å². The zero-order valence-corrected chi connectivity index (χ0v) is 10.9. The van der Waals surface area contributed by atoms with Gasteiger partial charge in [-0.15, -0.1) is 0 Å². The Bertz CT molecular complexity index is 687. The molecule has 1 amide bonds. The van der Waals surface area contributed by atoms with Gasteiger partial charge in [0.2, 0.25) is 5.91 Å². The van der Waals surface area contributed by atoms with E-state index >= 15 is 0 Å². The molecule has 0 bridgehead atoms. The lowest BCUT2D eigenvalue weighted by Gasteiger charge is -2.10. The number of primary amides is 1. The van der Waals surface area contributed by atoms with Crippen molar-refractivity contribution in [1.82, 2.24) is 0 Å². The van der Waals surface area contributed by atoms with Crippen LogP contribution in [0.3, 0.4) is 0 Å². The third kappa shape index (κ3) is 2.06. The Morgan fingerprint density at radius 2 is 2.21 bits per heavy atom. The van der Waals surface area contributed by atoms with E-state index in [-0.39, 0.29) is 0 Å². The number of nitrogens with two attached hydrogens (primary N) is 1. The Morgan fingerprint density at radius 3 is 3.00 bits per heavy atom. The van der Waals surface area contributed by atoms with Crippen molar-refractivity contribution in [3.8, 4) is 0 Å². The third-order valence-corrected chi connectivity index (χ3v) is 4.71. The summed E-state index contributed by atoms with van der Waals surface area (Å²) in [4.78, 5) is 17.0. The average molecular weight is 272 g/mol. The van der Waals surface area contributed by atoms with E-state index in [1.807, 2.05) is 12.2 Å². The van der Waals surface area contributed by atoms with E-state index in [9.17, 15) is 9.00 Å². The number of nitrogens with zero attached hydrogens (tertiary/aromatic N) is 1. The summed E-state index contributed by atoms with van der Waals surface area (Å²) in [5, 5.41) is 0. The molecule has 19 heavy (non-hydrogen) atoms. The summed E-state index contributed by atoms with van der Waals surface area (Å²) in [6.07, 6.45) is 7.45. The van der Waals surface area contributed by atoms with Gasteiger partial charge < -0.3 is 5.73 Å². The first-order valence-electron chi connectivity index (χ1n) is 5.96. The lowest BCUT2D eigenvalue weighted by atomic mass is 10.1. The molecular formula is C14H12N2O2S. The van der Waals surface area contributed by atoms with Gasteiger partial charge in [-0.2, -0.15) is 0 Å². The highest BCUT2D eigenvalue weighted by Gasteiger charge is 2.21. The molecule has 0 aromatic heterocycles. The highest BCUT2D eigenvalue weighted by atomic mass is 32.2. The van der Waals surface area contributed by atoms with E-state index in [0.29, 0.717) is 16.1 Å². The van der Waals surface area contributed by atoms with Crippen LogP contribution in [0.2, 0.25) is 0 Å². The Kier molecular flexibility index (Phi) is 2.91. The van der Waals surface area contributed by atoms with Gasteiger partial charge in [-0.3, -0.25) is 9.79 Å². The molecule has 1 aromatic rings. The molecule has 3 rings (SSSR count). The van der Waals surface area contributed by atoms with Crippen molar-refractivity contribution in [2.45, 2.75) is 17.7 Å². The second kappa shape index (κ2) is 4.59. The summed E-state index contributed by atoms with van der Waals surface area (Å²) in [7, 11) is -1.25. The van der Waals surface area contributed by atoms with Crippen molar-refractivity contribution in [2.75, 3.05) is 0 Å². The lowest BCUT2D eigenvalue weighted by molar-refractivity contribution is 0.1000. The summed E-state index contributed by atoms with van der Waals surface area (Å²) >= 11 is 0. The van der Waals surface area contributed by atoms with Crippen molar-refractivity contribution in [3.05, 3.63) is 46.4 Å². The smallest absolute Gasteiger partial charge is 0.248 e. The number of amides is 1. The van der Waals surface area contributed by atoms with E-state index in [0.717, 1.165) is 23.3 Å². The number of hydrogen-bond donors (Lipinski definition) is 1. The zero-order chi connectivity index (χ0) is 13.4. The number of rotatable bonds is 1. The van der Waals surface area contributed by atoms with Gasteiger partial charge in [0.15, 0.2) is 0 Å². The minimum absolute atomic E-state index is 0.378. The van der Waals surface area contributed by atoms with Crippen LogP contribution in [-0.4, -0.2) is 16.3 Å². The quantitative estimate of drug-likeness (QED) is 0.851. The first-order chi connectivity index (χ1) is 9.16. The Morgan fingerprint density at radius 1 is 1.37 bits per heavy atom. The van der Waals surface area contributed by atoms with Gasteiger partial charge in [-0.25, -0.2) is 4.21 Å². The van der Waals surface area contributed by atoms with Crippen molar-refractivity contribution >= 4 is 28.6 Å². The van der Waals surface area contributed by atoms with E-state index in [4.69, 9.17) is 5.73 Å². The van der Waals surface area contributed by atoms with Crippen LogP contribution in [0.5, 0.6) is 0 Å². The molecule has 0 fully saturated rings. The largest absolute Gasteiger partial charge is 0.366 e.